The maximum Gasteiger partial charge on any atom is 0.229 e. The summed E-state index contributed by atoms with van der Waals surface area (Å²) in [4.78, 5) is 23.5. The predicted molar refractivity (Wildman–Crippen MR) is 91.5 cm³/mol. The van der Waals surface area contributed by atoms with Crippen LogP contribution in [0.2, 0.25) is 0 Å². The molecule has 1 N–H and O–H groups in total. The number of hydrogen-bond donors (Lipinski definition) is 1. The number of anilines is 2. The summed E-state index contributed by atoms with van der Waals surface area (Å²) in [5, 5.41) is 2.69. The first-order valence-electron chi connectivity index (χ1n) is 8.15. The van der Waals surface area contributed by atoms with E-state index in [1.165, 1.54) is 6.07 Å². The molecule has 0 unspecified atom stereocenters. The second-order valence-electron chi connectivity index (χ2n) is 6.20. The molecule has 5 nitrogen and oxygen atoms in total. The number of piperidine rings is 1. The van der Waals surface area contributed by atoms with E-state index < -0.39 is 5.82 Å². The van der Waals surface area contributed by atoms with Gasteiger partial charge in [0.05, 0.1) is 11.6 Å². The van der Waals surface area contributed by atoms with Crippen LogP contribution in [0.3, 0.4) is 0 Å². The monoisotopic (exact) mass is 328 g/mol. The highest BCUT2D eigenvalue weighted by Gasteiger charge is 2.27. The van der Waals surface area contributed by atoms with Gasteiger partial charge in [0.2, 0.25) is 11.9 Å². The van der Waals surface area contributed by atoms with E-state index in [1.54, 1.807) is 18.2 Å². The molecule has 1 aliphatic heterocycles. The van der Waals surface area contributed by atoms with Gasteiger partial charge < -0.3 is 10.2 Å². The van der Waals surface area contributed by atoms with Gasteiger partial charge in [0.1, 0.15) is 5.82 Å². The second kappa shape index (κ2) is 6.95. The highest BCUT2D eigenvalue weighted by atomic mass is 19.1. The molecule has 1 aromatic carbocycles. The van der Waals surface area contributed by atoms with Crippen molar-refractivity contribution < 1.29 is 9.18 Å². The number of hydrogen-bond acceptors (Lipinski definition) is 4. The molecule has 0 spiro atoms. The first kappa shape index (κ1) is 16.4. The van der Waals surface area contributed by atoms with Gasteiger partial charge in [-0.25, -0.2) is 14.4 Å². The zero-order valence-electron chi connectivity index (χ0n) is 13.9. The third-order valence-corrected chi connectivity index (χ3v) is 4.18. The van der Waals surface area contributed by atoms with E-state index in [4.69, 9.17) is 0 Å². The van der Waals surface area contributed by atoms with Gasteiger partial charge in [-0.1, -0.05) is 12.1 Å². The molecule has 0 aliphatic carbocycles. The zero-order chi connectivity index (χ0) is 17.1. The summed E-state index contributed by atoms with van der Waals surface area (Å²) in [6.07, 6.45) is 1.66. The summed E-state index contributed by atoms with van der Waals surface area (Å²) < 4.78 is 13.7. The van der Waals surface area contributed by atoms with Crippen molar-refractivity contribution in [3.8, 4) is 0 Å². The van der Waals surface area contributed by atoms with Gasteiger partial charge in [-0.05, 0) is 44.9 Å². The highest BCUT2D eigenvalue weighted by molar-refractivity contribution is 5.93. The fourth-order valence-corrected chi connectivity index (χ4v) is 3.02. The first-order chi connectivity index (χ1) is 11.5. The Morgan fingerprint density at radius 1 is 1.25 bits per heavy atom. The Hall–Kier alpha value is -2.50. The van der Waals surface area contributed by atoms with Gasteiger partial charge in [0.15, 0.2) is 0 Å². The molecule has 0 saturated carbocycles. The molecule has 2 heterocycles. The fourth-order valence-electron chi connectivity index (χ4n) is 3.02. The molecule has 3 rings (SSSR count). The molecule has 0 radical (unpaired) electrons. The third kappa shape index (κ3) is 3.69. The van der Waals surface area contributed by atoms with Crippen molar-refractivity contribution >= 4 is 17.5 Å². The average Bonchev–Trinajstić information content (AvgIpc) is 2.56. The number of rotatable bonds is 3. The van der Waals surface area contributed by atoms with Gasteiger partial charge in [-0.15, -0.1) is 0 Å². The highest BCUT2D eigenvalue weighted by Crippen LogP contribution is 2.23. The smallest absolute Gasteiger partial charge is 0.229 e. The molecular weight excluding hydrogens is 307 g/mol. The van der Waals surface area contributed by atoms with Gasteiger partial charge in [0, 0.05) is 24.5 Å². The number of aryl methyl sites for hydroxylation is 2. The molecule has 2 aromatic rings. The third-order valence-electron chi connectivity index (χ3n) is 4.18. The quantitative estimate of drug-likeness (QED) is 0.941. The topological polar surface area (TPSA) is 58.1 Å². The number of carbonyl (C=O) groups excluding carboxylic acids is 1. The van der Waals surface area contributed by atoms with E-state index >= 15 is 0 Å². The lowest BCUT2D eigenvalue weighted by atomic mass is 9.97. The summed E-state index contributed by atoms with van der Waals surface area (Å²) in [6, 6.07) is 8.14. The van der Waals surface area contributed by atoms with Crippen LogP contribution in [0.5, 0.6) is 0 Å². The van der Waals surface area contributed by atoms with E-state index in [0.29, 0.717) is 12.5 Å². The normalized spacial score (nSPS) is 17.6. The number of nitrogens with zero attached hydrogens (tertiary/aromatic N) is 3. The van der Waals surface area contributed by atoms with E-state index in [-0.39, 0.29) is 17.5 Å². The summed E-state index contributed by atoms with van der Waals surface area (Å²) >= 11 is 0. The molecule has 126 valence electrons. The van der Waals surface area contributed by atoms with Crippen molar-refractivity contribution in [3.63, 3.8) is 0 Å². The molecule has 1 aromatic heterocycles. The van der Waals surface area contributed by atoms with Gasteiger partial charge in [0.25, 0.3) is 0 Å². The van der Waals surface area contributed by atoms with Crippen LogP contribution in [-0.2, 0) is 4.79 Å². The van der Waals surface area contributed by atoms with Crippen molar-refractivity contribution in [1.29, 1.82) is 0 Å². The SMILES string of the molecule is Cc1cc(C)nc(N2CCC[C@@H](C(=O)Nc3ccccc3F)C2)n1. The lowest BCUT2D eigenvalue weighted by Crippen LogP contribution is -2.41. The van der Waals surface area contributed by atoms with E-state index in [9.17, 15) is 9.18 Å². The van der Waals surface area contributed by atoms with Crippen LogP contribution in [0.4, 0.5) is 16.0 Å². The minimum absolute atomic E-state index is 0.158. The summed E-state index contributed by atoms with van der Waals surface area (Å²) in [5.41, 5.74) is 2.05. The minimum atomic E-state index is -0.420. The first-order valence-corrected chi connectivity index (χ1v) is 8.15. The van der Waals surface area contributed by atoms with Crippen LogP contribution in [0, 0.1) is 25.6 Å². The van der Waals surface area contributed by atoms with E-state index in [1.807, 2.05) is 24.8 Å². The van der Waals surface area contributed by atoms with Crippen molar-refractivity contribution in [2.45, 2.75) is 26.7 Å². The molecule has 1 saturated heterocycles. The number of amides is 1. The van der Waals surface area contributed by atoms with Crippen molar-refractivity contribution in [1.82, 2.24) is 9.97 Å². The summed E-state index contributed by atoms with van der Waals surface area (Å²) in [6.45, 7) is 5.24. The van der Waals surface area contributed by atoms with Crippen molar-refractivity contribution in [2.75, 3.05) is 23.3 Å². The Labute approximate surface area is 140 Å². The number of halogens is 1. The Morgan fingerprint density at radius 2 is 1.96 bits per heavy atom. The number of para-hydroxylation sites is 1. The Balaban J connectivity index is 1.71. The number of aromatic nitrogens is 2. The summed E-state index contributed by atoms with van der Waals surface area (Å²) in [5.74, 6) is -0.121. The largest absolute Gasteiger partial charge is 0.340 e. The molecule has 1 fully saturated rings. The maximum absolute atomic E-state index is 13.7. The molecule has 0 bridgehead atoms. The molecule has 1 amide bonds. The second-order valence-corrected chi connectivity index (χ2v) is 6.20. The summed E-state index contributed by atoms with van der Waals surface area (Å²) in [7, 11) is 0. The van der Waals surface area contributed by atoms with E-state index in [2.05, 4.69) is 15.3 Å². The standard InChI is InChI=1S/C18H21FN4O/c1-12-10-13(2)21-18(20-12)23-9-5-6-14(11-23)17(24)22-16-8-4-3-7-15(16)19/h3-4,7-8,10,14H,5-6,9,11H2,1-2H3,(H,22,24)/t14-/m1/s1. The number of benzene rings is 1. The molecule has 6 heteroatoms. The molecule has 1 atom stereocenters. The van der Waals surface area contributed by atoms with Gasteiger partial charge in [-0.2, -0.15) is 0 Å². The van der Waals surface area contributed by atoms with Crippen LogP contribution in [0.15, 0.2) is 30.3 Å². The number of nitrogens with one attached hydrogen (secondary N) is 1. The predicted octanol–water partition coefficient (Wildman–Crippen LogP) is 3.09. The van der Waals surface area contributed by atoms with Crippen LogP contribution in [-0.4, -0.2) is 29.0 Å². The lowest BCUT2D eigenvalue weighted by Gasteiger charge is -2.32. The Bertz CT molecular complexity index is 729. The molecule has 1 aliphatic rings. The molecular formula is C18H21FN4O. The fraction of sp³-hybridized carbons (Fsp3) is 0.389. The maximum atomic E-state index is 13.7. The van der Waals surface area contributed by atoms with Crippen LogP contribution >= 0.6 is 0 Å². The van der Waals surface area contributed by atoms with Crippen molar-refractivity contribution in [2.24, 2.45) is 5.92 Å². The molecule has 24 heavy (non-hydrogen) atoms. The average molecular weight is 328 g/mol. The van der Waals surface area contributed by atoms with Crippen LogP contribution in [0.25, 0.3) is 0 Å². The van der Waals surface area contributed by atoms with Crippen LogP contribution in [0.1, 0.15) is 24.2 Å². The van der Waals surface area contributed by atoms with Crippen molar-refractivity contribution in [3.05, 3.63) is 47.5 Å². The Morgan fingerprint density at radius 3 is 2.67 bits per heavy atom. The number of carbonyl (C=O) groups is 1. The van der Waals surface area contributed by atoms with Gasteiger partial charge >= 0.3 is 0 Å². The van der Waals surface area contributed by atoms with Gasteiger partial charge in [-0.3, -0.25) is 4.79 Å². The Kier molecular flexibility index (Phi) is 4.74. The minimum Gasteiger partial charge on any atom is -0.340 e. The van der Waals surface area contributed by atoms with E-state index in [0.717, 1.165) is 30.8 Å². The lowest BCUT2D eigenvalue weighted by molar-refractivity contribution is -0.120. The zero-order valence-corrected chi connectivity index (χ0v) is 13.9. The van der Waals surface area contributed by atoms with Crippen LogP contribution < -0.4 is 10.2 Å².